The summed E-state index contributed by atoms with van der Waals surface area (Å²) in [7, 11) is 3.87. The number of aliphatic hydroxyl groups is 1. The zero-order valence-corrected chi connectivity index (χ0v) is 19.7. The lowest BCUT2D eigenvalue weighted by Crippen LogP contribution is -2.33. The number of halogens is 1. The maximum Gasteiger partial charge on any atom is 0.279 e. The molecule has 2 aromatic carbocycles. The Balaban J connectivity index is 1.62. The van der Waals surface area contributed by atoms with Crippen molar-refractivity contribution in [2.45, 2.75) is 51.3 Å². The summed E-state index contributed by atoms with van der Waals surface area (Å²) < 4.78 is 15.8. The van der Waals surface area contributed by atoms with Crippen LogP contribution in [0.3, 0.4) is 0 Å². The van der Waals surface area contributed by atoms with Gasteiger partial charge in [-0.05, 0) is 55.3 Å². The van der Waals surface area contributed by atoms with Gasteiger partial charge in [0.25, 0.3) is 5.56 Å². The summed E-state index contributed by atoms with van der Waals surface area (Å²) in [6.07, 6.45) is 7.96. The van der Waals surface area contributed by atoms with E-state index in [1.807, 2.05) is 24.3 Å². The summed E-state index contributed by atoms with van der Waals surface area (Å²) in [6.45, 7) is 0.648. The van der Waals surface area contributed by atoms with Crippen LogP contribution in [0.5, 0.6) is 0 Å². The molecule has 3 N–H and O–H groups in total. The third-order valence-corrected chi connectivity index (χ3v) is 7.21. The maximum absolute atomic E-state index is 14.2. The summed E-state index contributed by atoms with van der Waals surface area (Å²) in [6, 6.07) is 11.0. The second kappa shape index (κ2) is 9.24. The van der Waals surface area contributed by atoms with Crippen LogP contribution in [0.25, 0.3) is 27.5 Å². The lowest BCUT2D eigenvalue weighted by atomic mass is 9.94. The zero-order chi connectivity index (χ0) is 23.8. The van der Waals surface area contributed by atoms with Crippen LogP contribution in [0, 0.1) is 5.82 Å². The molecule has 0 saturated heterocycles. The average molecular weight is 463 g/mol. The van der Waals surface area contributed by atoms with E-state index in [4.69, 9.17) is 0 Å². The number of hydrogen-bond donors (Lipinski definition) is 3. The Morgan fingerprint density at radius 1 is 1.12 bits per heavy atom. The summed E-state index contributed by atoms with van der Waals surface area (Å²) in [5.74, 6) is -0.352. The number of benzene rings is 2. The molecule has 0 amide bonds. The third-order valence-electron chi connectivity index (χ3n) is 7.21. The number of anilines is 1. The van der Waals surface area contributed by atoms with Crippen LogP contribution < -0.4 is 10.9 Å². The molecule has 0 unspecified atom stereocenters. The van der Waals surface area contributed by atoms with Crippen LogP contribution in [-0.2, 0) is 13.2 Å². The van der Waals surface area contributed by atoms with Gasteiger partial charge < -0.3 is 15.4 Å². The first kappa shape index (κ1) is 22.6. The number of hydrogen-bond acceptors (Lipinski definition) is 4. The standard InChI is InChI=1S/C27H31FN4O2/c1-29-23-14-19(28)13-22-21-10-11-32(27(34)26(21)30-25(22)23)24-9-8-17(16-33)12-18(24)15-31(2)20-6-4-3-5-7-20/h8-14,20,29-30,33H,3-7,15-16H2,1-2H3. The van der Waals surface area contributed by atoms with Crippen LogP contribution in [0.15, 0.2) is 47.4 Å². The van der Waals surface area contributed by atoms with Crippen LogP contribution in [-0.4, -0.2) is 39.7 Å². The van der Waals surface area contributed by atoms with Gasteiger partial charge in [0.2, 0.25) is 0 Å². The SMILES string of the molecule is CNc1cc(F)cc2c1[nH]c1c(=O)n(-c3ccc(CO)cc3CN(C)C3CCCCC3)ccc12. The van der Waals surface area contributed by atoms with E-state index in [0.29, 0.717) is 40.1 Å². The largest absolute Gasteiger partial charge is 0.392 e. The van der Waals surface area contributed by atoms with Crippen LogP contribution >= 0.6 is 0 Å². The summed E-state index contributed by atoms with van der Waals surface area (Å²) >= 11 is 0. The summed E-state index contributed by atoms with van der Waals surface area (Å²) in [5.41, 5.74) is 4.20. The lowest BCUT2D eigenvalue weighted by molar-refractivity contribution is 0.184. The smallest absolute Gasteiger partial charge is 0.279 e. The van der Waals surface area contributed by atoms with E-state index in [0.717, 1.165) is 16.8 Å². The molecule has 2 aromatic heterocycles. The molecule has 1 aliphatic carbocycles. The van der Waals surface area contributed by atoms with E-state index < -0.39 is 0 Å². The van der Waals surface area contributed by atoms with Gasteiger partial charge in [0, 0.05) is 36.6 Å². The molecule has 0 radical (unpaired) electrons. The third kappa shape index (κ3) is 3.99. The van der Waals surface area contributed by atoms with E-state index in [9.17, 15) is 14.3 Å². The van der Waals surface area contributed by atoms with Gasteiger partial charge in [0.15, 0.2) is 0 Å². The lowest BCUT2D eigenvalue weighted by Gasteiger charge is -2.31. The molecule has 7 heteroatoms. The fourth-order valence-electron chi connectivity index (χ4n) is 5.37. The number of nitrogens with one attached hydrogen (secondary N) is 2. The number of nitrogens with zero attached hydrogens (tertiary/aromatic N) is 2. The molecule has 0 aliphatic heterocycles. The van der Waals surface area contributed by atoms with Gasteiger partial charge in [-0.15, -0.1) is 0 Å². The van der Waals surface area contributed by atoms with E-state index in [2.05, 4.69) is 22.2 Å². The number of fused-ring (bicyclic) bond motifs is 3. The van der Waals surface area contributed by atoms with Gasteiger partial charge >= 0.3 is 0 Å². The molecule has 178 valence electrons. The average Bonchev–Trinajstić information content (AvgIpc) is 3.24. The number of pyridine rings is 1. The quantitative estimate of drug-likeness (QED) is 0.381. The molecule has 1 aliphatic rings. The molecule has 0 atom stereocenters. The van der Waals surface area contributed by atoms with Gasteiger partial charge in [-0.2, -0.15) is 0 Å². The fraction of sp³-hybridized carbons (Fsp3) is 0.370. The van der Waals surface area contributed by atoms with Gasteiger partial charge in [-0.1, -0.05) is 31.4 Å². The molecule has 1 fully saturated rings. The van der Waals surface area contributed by atoms with Crippen molar-refractivity contribution in [1.82, 2.24) is 14.5 Å². The predicted molar refractivity (Wildman–Crippen MR) is 135 cm³/mol. The van der Waals surface area contributed by atoms with Crippen molar-refractivity contribution in [2.24, 2.45) is 0 Å². The Morgan fingerprint density at radius 3 is 2.65 bits per heavy atom. The highest BCUT2D eigenvalue weighted by atomic mass is 19.1. The minimum atomic E-state index is -0.352. The molecule has 5 rings (SSSR count). The molecule has 34 heavy (non-hydrogen) atoms. The second-order valence-corrected chi connectivity index (χ2v) is 9.36. The highest BCUT2D eigenvalue weighted by molar-refractivity contribution is 6.10. The molecule has 6 nitrogen and oxygen atoms in total. The van der Waals surface area contributed by atoms with E-state index in [-0.39, 0.29) is 18.0 Å². The van der Waals surface area contributed by atoms with Gasteiger partial charge in [-0.3, -0.25) is 14.3 Å². The highest BCUT2D eigenvalue weighted by Crippen LogP contribution is 2.31. The first-order chi connectivity index (χ1) is 16.5. The number of H-pyrrole nitrogens is 1. The van der Waals surface area contributed by atoms with E-state index in [1.165, 1.54) is 44.2 Å². The van der Waals surface area contributed by atoms with Crippen molar-refractivity contribution in [3.8, 4) is 5.69 Å². The molecule has 4 aromatic rings. The molecule has 0 bridgehead atoms. The Morgan fingerprint density at radius 2 is 1.91 bits per heavy atom. The maximum atomic E-state index is 14.2. The monoisotopic (exact) mass is 462 g/mol. The van der Waals surface area contributed by atoms with Crippen LogP contribution in [0.2, 0.25) is 0 Å². The Kier molecular flexibility index (Phi) is 6.15. The normalized spacial score (nSPS) is 15.0. The van der Waals surface area contributed by atoms with Crippen molar-refractivity contribution in [1.29, 1.82) is 0 Å². The van der Waals surface area contributed by atoms with Crippen molar-refractivity contribution < 1.29 is 9.50 Å². The minimum Gasteiger partial charge on any atom is -0.392 e. The van der Waals surface area contributed by atoms with Crippen molar-refractivity contribution in [3.63, 3.8) is 0 Å². The number of rotatable bonds is 6. The summed E-state index contributed by atoms with van der Waals surface area (Å²) in [5, 5.41) is 14.1. The van der Waals surface area contributed by atoms with Crippen LogP contribution in [0.1, 0.15) is 43.2 Å². The predicted octanol–water partition coefficient (Wildman–Crippen LogP) is 4.91. The van der Waals surface area contributed by atoms with Crippen molar-refractivity contribution >= 4 is 27.5 Å². The topological polar surface area (TPSA) is 73.3 Å². The van der Waals surface area contributed by atoms with Gasteiger partial charge in [0.1, 0.15) is 11.3 Å². The van der Waals surface area contributed by atoms with Crippen molar-refractivity contribution in [2.75, 3.05) is 19.4 Å². The Hall–Kier alpha value is -3.16. The zero-order valence-electron chi connectivity index (χ0n) is 19.7. The second-order valence-electron chi connectivity index (χ2n) is 9.36. The first-order valence-corrected chi connectivity index (χ1v) is 12.0. The fourth-order valence-corrected chi connectivity index (χ4v) is 5.37. The molecule has 1 saturated carbocycles. The Labute approximate surface area is 198 Å². The number of aliphatic hydroxyl groups excluding tert-OH is 1. The highest BCUT2D eigenvalue weighted by Gasteiger charge is 2.20. The molecule has 0 spiro atoms. The molecule has 2 heterocycles. The Bertz CT molecular complexity index is 1400. The van der Waals surface area contributed by atoms with Crippen LogP contribution in [0.4, 0.5) is 10.1 Å². The van der Waals surface area contributed by atoms with Gasteiger partial charge in [-0.25, -0.2) is 4.39 Å². The first-order valence-electron chi connectivity index (χ1n) is 12.0. The van der Waals surface area contributed by atoms with E-state index >= 15 is 0 Å². The summed E-state index contributed by atoms with van der Waals surface area (Å²) in [4.78, 5) is 19.2. The number of aromatic nitrogens is 2. The number of aromatic amines is 1. The van der Waals surface area contributed by atoms with E-state index in [1.54, 1.807) is 17.8 Å². The van der Waals surface area contributed by atoms with Crippen molar-refractivity contribution in [3.05, 3.63) is 69.9 Å². The molecular weight excluding hydrogens is 431 g/mol. The minimum absolute atomic E-state index is 0.0469. The van der Waals surface area contributed by atoms with Gasteiger partial charge in [0.05, 0.1) is 23.5 Å². The molecular formula is C27H31FN4O2.